The largest absolute Gasteiger partial charge is 0.352 e. The molecule has 3 rings (SSSR count). The van der Waals surface area contributed by atoms with E-state index in [9.17, 15) is 18.8 Å². The van der Waals surface area contributed by atoms with Crippen LogP contribution in [0.15, 0.2) is 35.1 Å². The number of rotatable bonds is 4. The number of amides is 1. The Labute approximate surface area is 144 Å². The van der Waals surface area contributed by atoms with Gasteiger partial charge in [0.25, 0.3) is 11.5 Å². The molecule has 0 radical (unpaired) electrons. The average Bonchev–Trinajstić information content (AvgIpc) is 2.60. The number of aromatic nitrogens is 1. The lowest BCUT2D eigenvalue weighted by molar-refractivity contribution is 0.0951. The van der Waals surface area contributed by atoms with Crippen molar-refractivity contribution in [3.05, 3.63) is 63.3 Å². The Hall–Kier alpha value is -2.76. The molecule has 0 aliphatic heterocycles. The second-order valence-corrected chi connectivity index (χ2v) is 6.07. The molecule has 2 aromatic rings. The van der Waals surface area contributed by atoms with Crippen molar-refractivity contribution in [2.24, 2.45) is 0 Å². The number of Topliss-reactive ketones (excluding diaryl/α,β-unsaturated/α-hetero) is 1. The van der Waals surface area contributed by atoms with Gasteiger partial charge in [0.15, 0.2) is 5.78 Å². The van der Waals surface area contributed by atoms with E-state index in [0.717, 1.165) is 6.42 Å². The van der Waals surface area contributed by atoms with Gasteiger partial charge in [-0.05, 0) is 49.6 Å². The first-order chi connectivity index (χ1) is 12.0. The van der Waals surface area contributed by atoms with Gasteiger partial charge >= 0.3 is 0 Å². The molecule has 0 bridgehead atoms. The molecule has 1 aromatic carbocycles. The first kappa shape index (κ1) is 17.1. The maximum absolute atomic E-state index is 13.2. The van der Waals surface area contributed by atoms with Crippen molar-refractivity contribution in [2.45, 2.75) is 32.6 Å². The Bertz CT molecular complexity index is 885. The molecular weight excluding hydrogens is 323 g/mol. The molecule has 0 saturated heterocycles. The molecular formula is C19H19FN2O3. The van der Waals surface area contributed by atoms with Gasteiger partial charge in [-0.3, -0.25) is 19.0 Å². The van der Waals surface area contributed by atoms with Crippen molar-refractivity contribution < 1.29 is 14.0 Å². The summed E-state index contributed by atoms with van der Waals surface area (Å²) in [6.45, 7) is 2.35. The molecule has 25 heavy (non-hydrogen) atoms. The Morgan fingerprint density at radius 1 is 1.20 bits per heavy atom. The highest BCUT2D eigenvalue weighted by molar-refractivity contribution is 6.01. The minimum absolute atomic E-state index is 0.0632. The minimum Gasteiger partial charge on any atom is -0.352 e. The van der Waals surface area contributed by atoms with Crippen LogP contribution in [0.1, 0.15) is 52.6 Å². The van der Waals surface area contributed by atoms with E-state index in [1.54, 1.807) is 0 Å². The summed E-state index contributed by atoms with van der Waals surface area (Å²) in [5.74, 6) is -0.996. The van der Waals surface area contributed by atoms with Crippen molar-refractivity contribution in [3.8, 4) is 5.69 Å². The normalized spacial score (nSPS) is 13.4. The van der Waals surface area contributed by atoms with Crippen molar-refractivity contribution in [1.29, 1.82) is 0 Å². The molecule has 0 unspecified atom stereocenters. The van der Waals surface area contributed by atoms with Crippen LogP contribution in [-0.2, 0) is 6.42 Å². The maximum Gasteiger partial charge on any atom is 0.268 e. The van der Waals surface area contributed by atoms with Crippen LogP contribution in [0.4, 0.5) is 4.39 Å². The number of halogens is 1. The van der Waals surface area contributed by atoms with Crippen LogP contribution >= 0.6 is 0 Å². The highest BCUT2D eigenvalue weighted by Gasteiger charge is 2.26. The topological polar surface area (TPSA) is 68.2 Å². The quantitative estimate of drug-likeness (QED) is 0.929. The lowest BCUT2D eigenvalue weighted by atomic mass is 9.92. The van der Waals surface area contributed by atoms with E-state index in [-0.39, 0.29) is 11.3 Å². The molecule has 1 amide bonds. The van der Waals surface area contributed by atoms with E-state index in [1.165, 1.54) is 34.9 Å². The van der Waals surface area contributed by atoms with Crippen LogP contribution < -0.4 is 10.9 Å². The van der Waals surface area contributed by atoms with Crippen molar-refractivity contribution in [1.82, 2.24) is 9.88 Å². The lowest BCUT2D eigenvalue weighted by Gasteiger charge is -2.21. The number of nitrogens with one attached hydrogen (secondary N) is 1. The van der Waals surface area contributed by atoms with Gasteiger partial charge in [-0.15, -0.1) is 0 Å². The zero-order valence-electron chi connectivity index (χ0n) is 14.0. The van der Waals surface area contributed by atoms with Crippen molar-refractivity contribution >= 4 is 11.7 Å². The number of nitrogens with zero attached hydrogens (tertiary/aromatic N) is 1. The zero-order chi connectivity index (χ0) is 18.0. The van der Waals surface area contributed by atoms with Gasteiger partial charge in [-0.2, -0.15) is 0 Å². The van der Waals surface area contributed by atoms with Gasteiger partial charge in [0.1, 0.15) is 11.4 Å². The molecule has 1 aromatic heterocycles. The van der Waals surface area contributed by atoms with Crippen LogP contribution in [0.2, 0.25) is 0 Å². The number of hydrogen-bond acceptors (Lipinski definition) is 3. The third-order valence-electron chi connectivity index (χ3n) is 4.29. The summed E-state index contributed by atoms with van der Waals surface area (Å²) in [5, 5.41) is 2.68. The Morgan fingerprint density at radius 2 is 1.92 bits per heavy atom. The summed E-state index contributed by atoms with van der Waals surface area (Å²) in [7, 11) is 0. The molecule has 0 atom stereocenters. The predicted octanol–water partition coefficient (Wildman–Crippen LogP) is 2.64. The molecule has 0 fully saturated rings. The lowest BCUT2D eigenvalue weighted by Crippen LogP contribution is -2.36. The smallest absolute Gasteiger partial charge is 0.268 e. The summed E-state index contributed by atoms with van der Waals surface area (Å²) in [6.07, 6.45) is 2.34. The van der Waals surface area contributed by atoms with Crippen molar-refractivity contribution in [2.75, 3.05) is 6.54 Å². The first-order valence-electron chi connectivity index (χ1n) is 8.39. The summed E-state index contributed by atoms with van der Waals surface area (Å²) in [5.41, 5.74) is 0.875. The number of benzene rings is 1. The van der Waals surface area contributed by atoms with Crippen LogP contribution in [0.25, 0.3) is 5.69 Å². The fourth-order valence-electron chi connectivity index (χ4n) is 3.05. The SMILES string of the molecule is CCCNC(=O)c1cc2c(n(-c3ccc(F)cc3)c1=O)CCCC2=O. The highest BCUT2D eigenvalue weighted by atomic mass is 19.1. The average molecular weight is 342 g/mol. The van der Waals surface area contributed by atoms with Crippen molar-refractivity contribution in [3.63, 3.8) is 0 Å². The summed E-state index contributed by atoms with van der Waals surface area (Å²) >= 11 is 0. The molecule has 130 valence electrons. The number of ketones is 1. The standard InChI is InChI=1S/C19H19FN2O3/c1-2-10-21-18(24)15-11-14-16(4-3-5-17(14)23)22(19(15)25)13-8-6-12(20)7-9-13/h6-9,11H,2-5,10H2,1H3,(H,21,24). The molecule has 1 heterocycles. The molecule has 1 aliphatic carbocycles. The fourth-order valence-corrected chi connectivity index (χ4v) is 3.05. The van der Waals surface area contributed by atoms with Gasteiger partial charge in [0.05, 0.1) is 0 Å². The number of carbonyl (C=O) groups excluding carboxylic acids is 2. The summed E-state index contributed by atoms with van der Waals surface area (Å²) in [4.78, 5) is 37.6. The number of carbonyl (C=O) groups is 2. The summed E-state index contributed by atoms with van der Waals surface area (Å²) in [6, 6.07) is 6.86. The Morgan fingerprint density at radius 3 is 2.60 bits per heavy atom. The second kappa shape index (κ2) is 7.01. The van der Waals surface area contributed by atoms with Gasteiger partial charge in [-0.1, -0.05) is 6.92 Å². The van der Waals surface area contributed by atoms with Crippen LogP contribution in [0, 0.1) is 5.82 Å². The monoisotopic (exact) mass is 342 g/mol. The van der Waals surface area contributed by atoms with E-state index < -0.39 is 17.3 Å². The molecule has 0 saturated carbocycles. The number of fused-ring (bicyclic) bond motifs is 1. The fraction of sp³-hybridized carbons (Fsp3) is 0.316. The first-order valence-corrected chi connectivity index (χ1v) is 8.39. The number of hydrogen-bond donors (Lipinski definition) is 1. The molecule has 6 heteroatoms. The maximum atomic E-state index is 13.2. The van der Waals surface area contributed by atoms with E-state index in [1.807, 2.05) is 6.92 Å². The molecule has 0 spiro atoms. The van der Waals surface area contributed by atoms with Gasteiger partial charge < -0.3 is 5.32 Å². The third kappa shape index (κ3) is 3.24. The van der Waals surface area contributed by atoms with Gasteiger partial charge in [-0.25, -0.2) is 4.39 Å². The van der Waals surface area contributed by atoms with E-state index in [2.05, 4.69) is 5.32 Å². The van der Waals surface area contributed by atoms with E-state index >= 15 is 0 Å². The molecule has 5 nitrogen and oxygen atoms in total. The molecule has 1 aliphatic rings. The predicted molar refractivity (Wildman–Crippen MR) is 91.9 cm³/mol. The Balaban J connectivity index is 2.23. The minimum atomic E-state index is -0.496. The van der Waals surface area contributed by atoms with Gasteiger partial charge in [0, 0.05) is 29.9 Å². The highest BCUT2D eigenvalue weighted by Crippen LogP contribution is 2.23. The molecule has 1 N–H and O–H groups in total. The van der Waals surface area contributed by atoms with Gasteiger partial charge in [0.2, 0.25) is 0 Å². The van der Waals surface area contributed by atoms with Crippen LogP contribution in [0.5, 0.6) is 0 Å². The third-order valence-corrected chi connectivity index (χ3v) is 4.29. The second-order valence-electron chi connectivity index (χ2n) is 6.07. The number of pyridine rings is 1. The van der Waals surface area contributed by atoms with Crippen LogP contribution in [-0.4, -0.2) is 22.8 Å². The summed E-state index contributed by atoms with van der Waals surface area (Å²) < 4.78 is 14.6. The van der Waals surface area contributed by atoms with E-state index in [4.69, 9.17) is 0 Å². The Kier molecular flexibility index (Phi) is 4.79. The zero-order valence-corrected chi connectivity index (χ0v) is 14.0. The van der Waals surface area contributed by atoms with Crippen LogP contribution in [0.3, 0.4) is 0 Å². The van der Waals surface area contributed by atoms with E-state index in [0.29, 0.717) is 42.8 Å².